The van der Waals surface area contributed by atoms with Crippen molar-refractivity contribution in [1.82, 2.24) is 16.0 Å². The molecule has 0 bridgehead atoms. The maximum Gasteiger partial charge on any atom is 0.257 e. The molecule has 0 aliphatic rings. The van der Waals surface area contributed by atoms with Crippen molar-refractivity contribution in [2.75, 3.05) is 26.8 Å². The van der Waals surface area contributed by atoms with Crippen LogP contribution in [-0.4, -0.2) is 38.7 Å². The van der Waals surface area contributed by atoms with Crippen molar-refractivity contribution < 1.29 is 14.3 Å². The average Bonchev–Trinajstić information content (AvgIpc) is 2.77. The van der Waals surface area contributed by atoms with E-state index in [4.69, 9.17) is 9.47 Å². The zero-order valence-electron chi connectivity index (χ0n) is 18.6. The number of aliphatic imine (C=N–C) groups is 1. The number of methoxy groups -OCH3 is 1. The molecule has 1 amide bonds. The number of halogens is 1. The minimum atomic E-state index is -0.165. The number of guanidine groups is 1. The van der Waals surface area contributed by atoms with Gasteiger partial charge < -0.3 is 25.4 Å². The molecule has 2 rings (SSSR count). The maximum atomic E-state index is 11.6. The Morgan fingerprint density at radius 3 is 2.39 bits per heavy atom. The van der Waals surface area contributed by atoms with Gasteiger partial charge in [0.25, 0.3) is 5.91 Å². The van der Waals surface area contributed by atoms with Crippen LogP contribution in [0.25, 0.3) is 0 Å². The lowest BCUT2D eigenvalue weighted by Gasteiger charge is -2.18. The number of hydrogen-bond acceptors (Lipinski definition) is 4. The van der Waals surface area contributed by atoms with Gasteiger partial charge in [-0.2, -0.15) is 0 Å². The summed E-state index contributed by atoms with van der Waals surface area (Å²) < 4.78 is 11.0. The van der Waals surface area contributed by atoms with Gasteiger partial charge in [-0.05, 0) is 44.0 Å². The first kappa shape index (κ1) is 26.5. The fourth-order valence-electron chi connectivity index (χ4n) is 2.84. The molecule has 2 aromatic rings. The molecule has 8 heteroatoms. The van der Waals surface area contributed by atoms with Gasteiger partial charge in [-0.25, -0.2) is 4.99 Å². The van der Waals surface area contributed by atoms with Crippen LogP contribution in [0.3, 0.4) is 0 Å². The number of rotatable bonds is 10. The van der Waals surface area contributed by atoms with Crippen molar-refractivity contribution in [3.8, 4) is 11.5 Å². The fourth-order valence-corrected chi connectivity index (χ4v) is 2.84. The summed E-state index contributed by atoms with van der Waals surface area (Å²) in [7, 11) is 1.58. The summed E-state index contributed by atoms with van der Waals surface area (Å²) in [5.74, 6) is 1.67. The summed E-state index contributed by atoms with van der Waals surface area (Å²) in [6.45, 7) is 7.77. The summed E-state index contributed by atoms with van der Waals surface area (Å²) in [6, 6.07) is 16.0. The van der Waals surface area contributed by atoms with Crippen molar-refractivity contribution >= 4 is 35.8 Å². The van der Waals surface area contributed by atoms with Crippen molar-refractivity contribution in [2.45, 2.75) is 33.4 Å². The Hall–Kier alpha value is -2.49. The smallest absolute Gasteiger partial charge is 0.257 e. The van der Waals surface area contributed by atoms with Crippen LogP contribution in [0.2, 0.25) is 0 Å². The SMILES string of the molecule is CCNC(=O)COc1ccc(CN=C(NCC)NC(C)c2ccccc2)cc1OC.I. The van der Waals surface area contributed by atoms with Crippen molar-refractivity contribution in [1.29, 1.82) is 0 Å². The maximum absolute atomic E-state index is 11.6. The summed E-state index contributed by atoms with van der Waals surface area (Å²) in [5.41, 5.74) is 2.17. The van der Waals surface area contributed by atoms with E-state index in [1.165, 1.54) is 5.56 Å². The minimum Gasteiger partial charge on any atom is -0.493 e. The van der Waals surface area contributed by atoms with Crippen LogP contribution in [0.15, 0.2) is 53.5 Å². The topological polar surface area (TPSA) is 84.0 Å². The van der Waals surface area contributed by atoms with Crippen molar-refractivity contribution in [3.05, 3.63) is 59.7 Å². The van der Waals surface area contributed by atoms with E-state index in [0.717, 1.165) is 18.1 Å². The van der Waals surface area contributed by atoms with Crippen LogP contribution in [-0.2, 0) is 11.3 Å². The number of carbonyl (C=O) groups excluding carboxylic acids is 1. The lowest BCUT2D eigenvalue weighted by Crippen LogP contribution is -2.38. The molecule has 3 N–H and O–H groups in total. The van der Waals surface area contributed by atoms with Crippen LogP contribution in [0.1, 0.15) is 37.9 Å². The second-order valence-electron chi connectivity index (χ2n) is 6.70. The molecular formula is C23H33IN4O3. The molecule has 2 aromatic carbocycles. The van der Waals surface area contributed by atoms with E-state index in [2.05, 4.69) is 40.0 Å². The normalized spacial score (nSPS) is 11.7. The van der Waals surface area contributed by atoms with Gasteiger partial charge in [-0.1, -0.05) is 36.4 Å². The Kier molecular flexibility index (Phi) is 12.4. The number of hydrogen-bond donors (Lipinski definition) is 3. The van der Waals surface area contributed by atoms with E-state index in [1.54, 1.807) is 13.2 Å². The van der Waals surface area contributed by atoms with Crippen molar-refractivity contribution in [2.24, 2.45) is 4.99 Å². The van der Waals surface area contributed by atoms with Crippen LogP contribution in [0.5, 0.6) is 11.5 Å². The highest BCUT2D eigenvalue weighted by atomic mass is 127. The van der Waals surface area contributed by atoms with Gasteiger partial charge in [0.2, 0.25) is 0 Å². The monoisotopic (exact) mass is 540 g/mol. The number of nitrogens with one attached hydrogen (secondary N) is 3. The molecule has 0 aliphatic carbocycles. The second-order valence-corrected chi connectivity index (χ2v) is 6.70. The van der Waals surface area contributed by atoms with Crippen LogP contribution >= 0.6 is 24.0 Å². The molecule has 0 spiro atoms. The highest BCUT2D eigenvalue weighted by Gasteiger charge is 2.10. The zero-order valence-corrected chi connectivity index (χ0v) is 20.9. The summed E-state index contributed by atoms with van der Waals surface area (Å²) in [6.07, 6.45) is 0. The molecule has 0 radical (unpaired) electrons. The van der Waals surface area contributed by atoms with Gasteiger partial charge in [0.15, 0.2) is 24.1 Å². The second kappa shape index (κ2) is 14.5. The van der Waals surface area contributed by atoms with Gasteiger partial charge in [0, 0.05) is 13.1 Å². The third-order valence-corrected chi connectivity index (χ3v) is 4.38. The van der Waals surface area contributed by atoms with E-state index < -0.39 is 0 Å². The van der Waals surface area contributed by atoms with Gasteiger partial charge in [-0.15, -0.1) is 24.0 Å². The Morgan fingerprint density at radius 1 is 1.03 bits per heavy atom. The molecule has 7 nitrogen and oxygen atoms in total. The van der Waals surface area contributed by atoms with Crippen molar-refractivity contribution in [3.63, 3.8) is 0 Å². The largest absolute Gasteiger partial charge is 0.493 e. The molecule has 1 unspecified atom stereocenters. The number of ether oxygens (including phenoxy) is 2. The molecule has 0 saturated heterocycles. The number of amides is 1. The Bertz CT molecular complexity index is 831. The lowest BCUT2D eigenvalue weighted by molar-refractivity contribution is -0.123. The first-order valence-electron chi connectivity index (χ1n) is 10.2. The first-order valence-corrected chi connectivity index (χ1v) is 10.2. The molecule has 0 aromatic heterocycles. The predicted octanol–water partition coefficient (Wildman–Crippen LogP) is 3.64. The number of benzene rings is 2. The predicted molar refractivity (Wildman–Crippen MR) is 135 cm³/mol. The molecule has 0 fully saturated rings. The van der Waals surface area contributed by atoms with E-state index in [1.807, 2.05) is 44.2 Å². The van der Waals surface area contributed by atoms with Gasteiger partial charge in [0.05, 0.1) is 19.7 Å². The fraction of sp³-hybridized carbons (Fsp3) is 0.391. The number of carbonyl (C=O) groups is 1. The van der Waals surface area contributed by atoms with Gasteiger partial charge >= 0.3 is 0 Å². The first-order chi connectivity index (χ1) is 14.6. The summed E-state index contributed by atoms with van der Waals surface area (Å²) in [4.78, 5) is 16.3. The lowest BCUT2D eigenvalue weighted by atomic mass is 10.1. The van der Waals surface area contributed by atoms with Crippen LogP contribution in [0, 0.1) is 0 Å². The van der Waals surface area contributed by atoms with Crippen LogP contribution < -0.4 is 25.4 Å². The number of likely N-dealkylation sites (N-methyl/N-ethyl adjacent to an activating group) is 1. The highest BCUT2D eigenvalue weighted by molar-refractivity contribution is 14.0. The minimum absolute atomic E-state index is 0. The van der Waals surface area contributed by atoms with E-state index >= 15 is 0 Å². The molecule has 1 atom stereocenters. The molecule has 31 heavy (non-hydrogen) atoms. The molecular weight excluding hydrogens is 507 g/mol. The molecule has 0 saturated carbocycles. The average molecular weight is 540 g/mol. The number of nitrogens with zero attached hydrogens (tertiary/aromatic N) is 1. The Labute approximate surface area is 202 Å². The van der Waals surface area contributed by atoms with E-state index in [9.17, 15) is 4.79 Å². The van der Waals surface area contributed by atoms with E-state index in [0.29, 0.717) is 24.6 Å². The highest BCUT2D eigenvalue weighted by Crippen LogP contribution is 2.28. The summed E-state index contributed by atoms with van der Waals surface area (Å²) in [5, 5.41) is 9.40. The van der Waals surface area contributed by atoms with Gasteiger partial charge in [0.1, 0.15) is 0 Å². The molecule has 0 aliphatic heterocycles. The quantitative estimate of drug-likeness (QED) is 0.244. The molecule has 170 valence electrons. The third kappa shape index (κ3) is 9.04. The zero-order chi connectivity index (χ0) is 21.8. The van der Waals surface area contributed by atoms with E-state index in [-0.39, 0.29) is 42.5 Å². The third-order valence-electron chi connectivity index (χ3n) is 4.38. The Morgan fingerprint density at radius 2 is 1.74 bits per heavy atom. The Balaban J connectivity index is 0.00000480. The molecule has 0 heterocycles. The standard InChI is InChI=1S/C23H32N4O3.HI/c1-5-24-22(28)16-30-20-13-12-18(14-21(20)29-4)15-26-23(25-6-2)27-17(3)19-10-8-7-9-11-19;/h7-14,17H,5-6,15-16H2,1-4H3,(H,24,28)(H2,25,26,27);1H. The van der Waals surface area contributed by atoms with Crippen LogP contribution in [0.4, 0.5) is 0 Å². The summed E-state index contributed by atoms with van der Waals surface area (Å²) >= 11 is 0. The van der Waals surface area contributed by atoms with Gasteiger partial charge in [-0.3, -0.25) is 4.79 Å².